The van der Waals surface area contributed by atoms with Crippen molar-refractivity contribution in [2.75, 3.05) is 33.0 Å². The average molecular weight is 1390 g/mol. The number of benzene rings is 5. The van der Waals surface area contributed by atoms with Crippen molar-refractivity contribution in [1.82, 2.24) is 0 Å². The molecule has 4 aliphatic carbocycles. The molecule has 5 aromatic rings. The Kier molecular flexibility index (Phi) is 53.6. The van der Waals surface area contributed by atoms with Crippen molar-refractivity contribution in [1.29, 1.82) is 0 Å². The molecule has 0 aromatic heterocycles. The summed E-state index contributed by atoms with van der Waals surface area (Å²) >= 11 is 0. The monoisotopic (exact) mass is 1390 g/mol. The molecule has 0 bridgehead atoms. The standard InChI is InChI=1S/C20H24O4.3C15H22O3.7C3H8/c21-19(15-23-17-7-3-1-4-8-17)11-13-20(22,14-12-19)16-24-18-9-5-2-6-10-18;3*1-2-14(16)8-10-15(17,11-9-14)12-18-13-6-4-3-5-7-13;7*1-3-2/h1-10,21-22H,11-16H2;3*3-7,16-17H,2,8-12H2,1H3;7*3H2,1-2H3. The van der Waals surface area contributed by atoms with Crippen molar-refractivity contribution < 1.29 is 64.5 Å². The fraction of sp³-hybridized carbons (Fsp3) is 0.651. The van der Waals surface area contributed by atoms with Gasteiger partial charge < -0.3 is 64.5 Å². The molecule has 4 fully saturated rings. The maximum atomic E-state index is 10.7. The molecule has 4 saturated carbocycles. The Labute approximate surface area is 604 Å². The van der Waals surface area contributed by atoms with Gasteiger partial charge in [-0.2, -0.15) is 0 Å². The van der Waals surface area contributed by atoms with Gasteiger partial charge in [-0.25, -0.2) is 0 Å². The molecule has 9 rings (SSSR count). The minimum Gasteiger partial charge on any atom is -0.491 e. The summed E-state index contributed by atoms with van der Waals surface area (Å²) in [5.74, 6) is 3.84. The second kappa shape index (κ2) is 55.4. The van der Waals surface area contributed by atoms with Crippen molar-refractivity contribution in [2.24, 2.45) is 0 Å². The molecule has 0 heterocycles. The summed E-state index contributed by atoms with van der Waals surface area (Å²) in [6.07, 6.45) is 20.5. The third-order valence-corrected chi connectivity index (χ3v) is 16.7. The molecule has 0 saturated heterocycles. The van der Waals surface area contributed by atoms with Crippen LogP contribution >= 0.6 is 0 Å². The molecule has 4 aliphatic rings. The van der Waals surface area contributed by atoms with Crippen LogP contribution in [0.4, 0.5) is 0 Å². The highest BCUT2D eigenvalue weighted by Gasteiger charge is 2.44. The number of rotatable bonds is 18. The van der Waals surface area contributed by atoms with Gasteiger partial charge in [-0.15, -0.1) is 0 Å². The quantitative estimate of drug-likeness (QED) is 0.0411. The number of hydrogen-bond donors (Lipinski definition) is 8. The van der Waals surface area contributed by atoms with Gasteiger partial charge in [0.25, 0.3) is 0 Å². The van der Waals surface area contributed by atoms with Crippen LogP contribution in [0.5, 0.6) is 28.7 Å². The van der Waals surface area contributed by atoms with Gasteiger partial charge >= 0.3 is 0 Å². The Hall–Kier alpha value is -5.22. The van der Waals surface area contributed by atoms with Gasteiger partial charge in [0, 0.05) is 0 Å². The molecule has 0 aliphatic heterocycles. The predicted molar refractivity (Wildman–Crippen MR) is 416 cm³/mol. The zero-order chi connectivity index (χ0) is 75.0. The van der Waals surface area contributed by atoms with Crippen LogP contribution in [0.25, 0.3) is 0 Å². The van der Waals surface area contributed by atoms with Crippen molar-refractivity contribution in [2.45, 2.75) is 329 Å². The van der Waals surface area contributed by atoms with Crippen LogP contribution in [-0.2, 0) is 0 Å². The number of aliphatic hydroxyl groups is 8. The summed E-state index contributed by atoms with van der Waals surface area (Å²) in [4.78, 5) is 0. The molecule has 0 atom stereocenters. The first kappa shape index (κ1) is 95.8. The summed E-state index contributed by atoms with van der Waals surface area (Å²) in [5.41, 5.74) is -5.92. The largest absolute Gasteiger partial charge is 0.491 e. The first-order valence-corrected chi connectivity index (χ1v) is 38.3. The van der Waals surface area contributed by atoms with Crippen LogP contribution in [-0.4, -0.2) is 119 Å². The van der Waals surface area contributed by atoms with E-state index in [0.717, 1.165) is 48.0 Å². The summed E-state index contributed by atoms with van der Waals surface area (Å²) in [6, 6.07) is 47.5. The second-order valence-corrected chi connectivity index (χ2v) is 27.8. The first-order chi connectivity index (χ1) is 47.1. The van der Waals surface area contributed by atoms with Gasteiger partial charge in [0.2, 0.25) is 0 Å². The van der Waals surface area contributed by atoms with E-state index in [1.165, 1.54) is 44.9 Å². The molecule has 0 radical (unpaired) electrons. The van der Waals surface area contributed by atoms with Crippen LogP contribution in [0.1, 0.15) is 285 Å². The summed E-state index contributed by atoms with van der Waals surface area (Å²) in [5, 5.41) is 83.1. The first-order valence-electron chi connectivity index (χ1n) is 38.3. The van der Waals surface area contributed by atoms with Crippen molar-refractivity contribution >= 4 is 0 Å². The lowest BCUT2D eigenvalue weighted by Crippen LogP contribution is -2.48. The Morgan fingerprint density at radius 1 is 0.192 bits per heavy atom. The van der Waals surface area contributed by atoms with E-state index in [0.29, 0.717) is 123 Å². The molecule has 8 N–H and O–H groups in total. The van der Waals surface area contributed by atoms with Gasteiger partial charge in [-0.3, -0.25) is 0 Å². The maximum absolute atomic E-state index is 10.7. The molecular weight excluding hydrogens is 1240 g/mol. The number of ether oxygens (including phenoxy) is 5. The van der Waals surface area contributed by atoms with Gasteiger partial charge in [-0.1, -0.05) is 254 Å². The van der Waals surface area contributed by atoms with E-state index in [1.54, 1.807) is 0 Å². The summed E-state index contributed by atoms with van der Waals surface area (Å²) in [6.45, 7) is 37.1. The van der Waals surface area contributed by atoms with Crippen molar-refractivity contribution in [3.8, 4) is 28.7 Å². The fourth-order valence-corrected chi connectivity index (χ4v) is 10.2. The second-order valence-electron chi connectivity index (χ2n) is 27.8. The third kappa shape index (κ3) is 45.4. The molecule has 13 nitrogen and oxygen atoms in total. The molecule has 0 amide bonds. The minimum atomic E-state index is -0.894. The minimum absolute atomic E-state index is 0.243. The molecule has 99 heavy (non-hydrogen) atoms. The predicted octanol–water partition coefficient (Wildman–Crippen LogP) is 20.6. The maximum Gasteiger partial charge on any atom is 0.119 e. The van der Waals surface area contributed by atoms with E-state index >= 15 is 0 Å². The highest BCUT2D eigenvalue weighted by atomic mass is 16.5. The Morgan fingerprint density at radius 3 is 0.394 bits per heavy atom. The Balaban J connectivity index is 0. The number of hydrogen-bond acceptors (Lipinski definition) is 13. The zero-order valence-electron chi connectivity index (χ0n) is 65.5. The SMILES string of the molecule is CCC.CCC.CCC.CCC.CCC.CCC.CCC.CCC1(O)CCC(O)(COc2ccccc2)CC1.CCC1(O)CCC(O)(COc2ccccc2)CC1.CCC1(O)CCC(O)(COc2ccccc2)CC1.OC1(COc2ccccc2)CCC(O)(COc2ccccc2)CC1. The zero-order valence-corrected chi connectivity index (χ0v) is 65.5. The van der Waals surface area contributed by atoms with E-state index < -0.39 is 44.8 Å². The lowest BCUT2D eigenvalue weighted by molar-refractivity contribution is -0.110. The lowest BCUT2D eigenvalue weighted by Gasteiger charge is -2.40. The van der Waals surface area contributed by atoms with E-state index in [1.807, 2.05) is 172 Å². The third-order valence-electron chi connectivity index (χ3n) is 16.7. The molecule has 13 heteroatoms. The van der Waals surface area contributed by atoms with E-state index in [-0.39, 0.29) is 13.2 Å². The van der Waals surface area contributed by atoms with Gasteiger partial charge in [0.1, 0.15) is 61.8 Å². The molecule has 0 unspecified atom stereocenters. The Morgan fingerprint density at radius 2 is 0.293 bits per heavy atom. The fourth-order valence-electron chi connectivity index (χ4n) is 10.2. The van der Waals surface area contributed by atoms with Crippen LogP contribution in [0.15, 0.2) is 152 Å². The molecule has 0 spiro atoms. The summed E-state index contributed by atoms with van der Waals surface area (Å²) in [7, 11) is 0. The average Bonchev–Trinajstić information content (AvgIpc) is 0.843. The number of para-hydroxylation sites is 5. The van der Waals surface area contributed by atoms with Crippen LogP contribution < -0.4 is 23.7 Å². The van der Waals surface area contributed by atoms with Crippen molar-refractivity contribution in [3.63, 3.8) is 0 Å². The smallest absolute Gasteiger partial charge is 0.119 e. The van der Waals surface area contributed by atoms with Crippen LogP contribution in [0.3, 0.4) is 0 Å². The van der Waals surface area contributed by atoms with E-state index in [4.69, 9.17) is 23.7 Å². The van der Waals surface area contributed by atoms with Crippen molar-refractivity contribution in [3.05, 3.63) is 152 Å². The van der Waals surface area contributed by atoms with Gasteiger partial charge in [0.15, 0.2) is 0 Å². The summed E-state index contributed by atoms with van der Waals surface area (Å²) < 4.78 is 28.2. The van der Waals surface area contributed by atoms with Gasteiger partial charge in [-0.05, 0) is 183 Å². The highest BCUT2D eigenvalue weighted by molar-refractivity contribution is 5.24. The van der Waals surface area contributed by atoms with E-state index in [2.05, 4.69) is 96.9 Å². The molecule has 5 aromatic carbocycles. The molecule has 568 valence electrons. The topological polar surface area (TPSA) is 208 Å². The van der Waals surface area contributed by atoms with Crippen LogP contribution in [0.2, 0.25) is 0 Å². The lowest BCUT2D eigenvalue weighted by atomic mass is 9.75. The van der Waals surface area contributed by atoms with Crippen LogP contribution in [0, 0.1) is 0 Å². The normalized spacial score (nSPS) is 25.3. The van der Waals surface area contributed by atoms with E-state index in [9.17, 15) is 40.9 Å². The molecular formula is C86H146O13. The van der Waals surface area contributed by atoms with Gasteiger partial charge in [0.05, 0.1) is 44.8 Å². The Bertz CT molecular complexity index is 2260. The highest BCUT2D eigenvalue weighted by Crippen LogP contribution is 2.40.